The van der Waals surface area contributed by atoms with Gasteiger partial charge in [0.05, 0.1) is 24.1 Å². The summed E-state index contributed by atoms with van der Waals surface area (Å²) in [5.41, 5.74) is 3.51. The Hall–Kier alpha value is -4.26. The summed E-state index contributed by atoms with van der Waals surface area (Å²) in [5, 5.41) is 2.83. The van der Waals surface area contributed by atoms with Crippen molar-refractivity contribution in [2.75, 3.05) is 19.4 Å². The Kier molecular flexibility index (Phi) is 6.04. The number of carbonyl (C=O) groups is 4. The molecule has 0 aliphatic carbocycles. The molecule has 0 saturated carbocycles. The van der Waals surface area contributed by atoms with Gasteiger partial charge in [0.1, 0.15) is 0 Å². The lowest BCUT2D eigenvalue weighted by Gasteiger charge is -2.14. The Labute approximate surface area is 191 Å². The molecular formula is C26H23N3O4. The molecule has 0 bridgehead atoms. The van der Waals surface area contributed by atoms with Crippen LogP contribution in [0.1, 0.15) is 42.2 Å². The number of carbonyl (C=O) groups excluding carboxylic acids is 4. The molecule has 1 aliphatic heterocycles. The minimum Gasteiger partial charge on any atom is -0.349 e. The summed E-state index contributed by atoms with van der Waals surface area (Å²) in [4.78, 5) is 52.2. The number of amides is 4. The summed E-state index contributed by atoms with van der Waals surface area (Å²) in [5.74, 6) is -0.895. The molecule has 0 spiro atoms. The first-order chi connectivity index (χ1) is 15.8. The first-order valence-electron chi connectivity index (χ1n) is 10.5. The molecule has 7 nitrogen and oxygen atoms in total. The van der Waals surface area contributed by atoms with Crippen LogP contribution < -0.4 is 5.32 Å². The first-order valence-corrected chi connectivity index (χ1v) is 10.5. The van der Waals surface area contributed by atoms with Crippen LogP contribution in [-0.2, 0) is 17.8 Å². The second kappa shape index (κ2) is 9.08. The minimum absolute atomic E-state index is 0.00749. The summed E-state index contributed by atoms with van der Waals surface area (Å²) in [6.07, 6.45) is 0.301. The van der Waals surface area contributed by atoms with Crippen molar-refractivity contribution in [1.29, 1.82) is 0 Å². The molecule has 4 rings (SSSR count). The highest BCUT2D eigenvalue weighted by Crippen LogP contribution is 2.24. The van der Waals surface area contributed by atoms with Gasteiger partial charge in [0.15, 0.2) is 0 Å². The lowest BCUT2D eigenvalue weighted by atomic mass is 10.1. The van der Waals surface area contributed by atoms with Crippen molar-refractivity contribution < 1.29 is 19.2 Å². The number of benzene rings is 3. The van der Waals surface area contributed by atoms with Gasteiger partial charge in [-0.05, 0) is 47.5 Å². The third kappa shape index (κ3) is 4.67. The largest absolute Gasteiger partial charge is 0.349 e. The van der Waals surface area contributed by atoms with E-state index in [1.807, 2.05) is 12.1 Å². The fraction of sp³-hybridized carbons (Fsp3) is 0.154. The summed E-state index contributed by atoms with van der Waals surface area (Å²) in [7, 11) is 3.42. The molecule has 3 aromatic rings. The average molecular weight is 441 g/mol. The van der Waals surface area contributed by atoms with Crippen molar-refractivity contribution in [2.45, 2.75) is 13.0 Å². The van der Waals surface area contributed by atoms with Gasteiger partial charge in [-0.15, -0.1) is 0 Å². The molecule has 0 fully saturated rings. The Morgan fingerprint density at radius 3 is 1.88 bits per heavy atom. The third-order valence-electron chi connectivity index (χ3n) is 5.50. The van der Waals surface area contributed by atoms with Crippen LogP contribution in [0.25, 0.3) is 0 Å². The van der Waals surface area contributed by atoms with E-state index in [1.54, 1.807) is 74.8 Å². The summed E-state index contributed by atoms with van der Waals surface area (Å²) in [6.45, 7) is 0.140. The predicted molar refractivity (Wildman–Crippen MR) is 124 cm³/mol. The van der Waals surface area contributed by atoms with E-state index < -0.39 is 0 Å². The molecule has 0 unspecified atom stereocenters. The van der Waals surface area contributed by atoms with E-state index in [-0.39, 0.29) is 30.2 Å². The minimum atomic E-state index is -0.312. The van der Waals surface area contributed by atoms with E-state index in [1.165, 1.54) is 9.80 Å². The van der Waals surface area contributed by atoms with E-state index in [4.69, 9.17) is 0 Å². The Balaban J connectivity index is 1.37. The zero-order valence-corrected chi connectivity index (χ0v) is 18.4. The fourth-order valence-corrected chi connectivity index (χ4v) is 3.57. The molecule has 33 heavy (non-hydrogen) atoms. The van der Waals surface area contributed by atoms with Crippen LogP contribution in [0.5, 0.6) is 0 Å². The van der Waals surface area contributed by atoms with Crippen LogP contribution >= 0.6 is 0 Å². The second-order valence-electron chi connectivity index (χ2n) is 8.05. The van der Waals surface area contributed by atoms with Gasteiger partial charge in [0.2, 0.25) is 5.91 Å². The predicted octanol–water partition coefficient (Wildman–Crippen LogP) is 3.37. The van der Waals surface area contributed by atoms with E-state index in [0.29, 0.717) is 28.8 Å². The van der Waals surface area contributed by atoms with Crippen molar-refractivity contribution in [3.8, 4) is 0 Å². The van der Waals surface area contributed by atoms with Gasteiger partial charge in [0, 0.05) is 25.3 Å². The lowest BCUT2D eigenvalue weighted by molar-refractivity contribution is -0.127. The van der Waals surface area contributed by atoms with E-state index >= 15 is 0 Å². The molecular weight excluding hydrogens is 418 g/mol. The fourth-order valence-electron chi connectivity index (χ4n) is 3.57. The second-order valence-corrected chi connectivity index (χ2v) is 8.05. The number of anilines is 1. The zero-order valence-electron chi connectivity index (χ0n) is 18.4. The number of rotatable bonds is 6. The lowest BCUT2D eigenvalue weighted by Crippen LogP contribution is -2.29. The highest BCUT2D eigenvalue weighted by molar-refractivity contribution is 6.21. The van der Waals surface area contributed by atoms with E-state index in [9.17, 15) is 19.2 Å². The van der Waals surface area contributed by atoms with Crippen molar-refractivity contribution >= 4 is 29.3 Å². The van der Waals surface area contributed by atoms with Gasteiger partial charge in [0.25, 0.3) is 17.7 Å². The van der Waals surface area contributed by atoms with Crippen LogP contribution in [0.4, 0.5) is 5.69 Å². The van der Waals surface area contributed by atoms with Crippen LogP contribution in [0.15, 0.2) is 72.8 Å². The molecule has 1 heterocycles. The van der Waals surface area contributed by atoms with Gasteiger partial charge in [-0.2, -0.15) is 0 Å². The maximum Gasteiger partial charge on any atom is 0.261 e. The molecule has 1 aliphatic rings. The Morgan fingerprint density at radius 2 is 1.33 bits per heavy atom. The highest BCUT2D eigenvalue weighted by atomic mass is 16.2. The number of nitrogens with one attached hydrogen (secondary N) is 1. The van der Waals surface area contributed by atoms with E-state index in [2.05, 4.69) is 5.32 Å². The number of hydrogen-bond donors (Lipinski definition) is 1. The normalized spacial score (nSPS) is 12.5. The molecule has 1 N–H and O–H groups in total. The quantitative estimate of drug-likeness (QED) is 0.595. The summed E-state index contributed by atoms with van der Waals surface area (Å²) >= 11 is 0. The monoisotopic (exact) mass is 441 g/mol. The Morgan fingerprint density at radius 1 is 0.788 bits per heavy atom. The maximum atomic E-state index is 12.6. The molecule has 0 saturated heterocycles. The number of fused-ring (bicyclic) bond motifs is 1. The number of nitrogens with zero attached hydrogens (tertiary/aromatic N) is 2. The van der Waals surface area contributed by atoms with Gasteiger partial charge in [-0.1, -0.05) is 36.4 Å². The molecule has 0 radical (unpaired) electrons. The van der Waals surface area contributed by atoms with Crippen LogP contribution in [-0.4, -0.2) is 47.5 Å². The molecule has 166 valence electrons. The highest BCUT2D eigenvalue weighted by Gasteiger charge is 2.34. The average Bonchev–Trinajstić information content (AvgIpc) is 3.05. The number of likely N-dealkylation sites (N-methyl/N-ethyl adjacent to an activating group) is 1. The smallest absolute Gasteiger partial charge is 0.261 e. The molecule has 0 atom stereocenters. The van der Waals surface area contributed by atoms with Crippen molar-refractivity contribution in [1.82, 2.24) is 9.80 Å². The SMILES string of the molecule is CN(C)C(=O)Cc1ccc(NC(=O)c2ccc(CN3C(=O)c4ccccc4C3=O)cc2)cc1. The number of imide groups is 1. The molecule has 3 aromatic carbocycles. The standard InChI is InChI=1S/C26H23N3O4/c1-28(2)23(30)15-17-9-13-20(14-10-17)27-24(31)19-11-7-18(8-12-19)16-29-25(32)21-5-3-4-6-22(21)26(29)33/h3-14H,15-16H2,1-2H3,(H,27,31). The van der Waals surface area contributed by atoms with Crippen molar-refractivity contribution in [3.05, 3.63) is 101 Å². The summed E-state index contributed by atoms with van der Waals surface area (Å²) < 4.78 is 0. The molecule has 0 aromatic heterocycles. The topological polar surface area (TPSA) is 86.8 Å². The first kappa shape index (κ1) is 22.0. The van der Waals surface area contributed by atoms with Crippen LogP contribution in [0.3, 0.4) is 0 Å². The van der Waals surface area contributed by atoms with Gasteiger partial charge >= 0.3 is 0 Å². The number of hydrogen-bond acceptors (Lipinski definition) is 4. The molecule has 4 amide bonds. The van der Waals surface area contributed by atoms with E-state index in [0.717, 1.165) is 11.1 Å². The van der Waals surface area contributed by atoms with Crippen LogP contribution in [0.2, 0.25) is 0 Å². The summed E-state index contributed by atoms with van der Waals surface area (Å²) in [6, 6.07) is 20.7. The van der Waals surface area contributed by atoms with Crippen LogP contribution in [0, 0.1) is 0 Å². The zero-order chi connectivity index (χ0) is 23.5. The van der Waals surface area contributed by atoms with Crippen molar-refractivity contribution in [2.24, 2.45) is 0 Å². The maximum absolute atomic E-state index is 12.6. The van der Waals surface area contributed by atoms with Gasteiger partial charge in [-0.25, -0.2) is 0 Å². The van der Waals surface area contributed by atoms with Gasteiger partial charge < -0.3 is 10.2 Å². The van der Waals surface area contributed by atoms with Gasteiger partial charge in [-0.3, -0.25) is 24.1 Å². The molecule has 7 heteroatoms. The Bertz CT molecular complexity index is 1200. The van der Waals surface area contributed by atoms with Crippen molar-refractivity contribution in [3.63, 3.8) is 0 Å². The third-order valence-corrected chi connectivity index (χ3v) is 5.50.